The zero-order chi connectivity index (χ0) is 14.8. The van der Waals surface area contributed by atoms with Crippen LogP contribution in [0.3, 0.4) is 0 Å². The van der Waals surface area contributed by atoms with E-state index in [1.807, 2.05) is 12.1 Å². The number of nitrogens with zero attached hydrogens (tertiary/aromatic N) is 2. The lowest BCUT2D eigenvalue weighted by molar-refractivity contribution is 0.0787. The predicted octanol–water partition coefficient (Wildman–Crippen LogP) is 3.46. The van der Waals surface area contributed by atoms with E-state index in [4.69, 9.17) is 23.2 Å². The third-order valence-corrected chi connectivity index (χ3v) is 5.61. The van der Waals surface area contributed by atoms with Gasteiger partial charge in [0.1, 0.15) is 0 Å². The average Bonchev–Trinajstić information content (AvgIpc) is 3.04. The maximum atomic E-state index is 6.14. The van der Waals surface area contributed by atoms with Crippen molar-refractivity contribution in [3.63, 3.8) is 0 Å². The van der Waals surface area contributed by atoms with Gasteiger partial charge in [-0.3, -0.25) is 9.80 Å². The monoisotopic (exact) mass is 363 g/mol. The number of hydrogen-bond acceptors (Lipinski definition) is 3. The van der Waals surface area contributed by atoms with Gasteiger partial charge in [0.2, 0.25) is 0 Å². The van der Waals surface area contributed by atoms with E-state index in [1.54, 1.807) is 0 Å². The molecule has 0 bridgehead atoms. The Morgan fingerprint density at radius 3 is 2.45 bits per heavy atom. The molecular weight excluding hydrogens is 341 g/mol. The fourth-order valence-electron chi connectivity index (χ4n) is 3.42. The van der Waals surface area contributed by atoms with Crippen LogP contribution in [0.15, 0.2) is 18.2 Å². The molecule has 0 spiro atoms. The quantitative estimate of drug-likeness (QED) is 0.886. The Hall–Kier alpha value is -0.0300. The van der Waals surface area contributed by atoms with Gasteiger partial charge in [0, 0.05) is 44.8 Å². The Balaban J connectivity index is 0.00000176. The Morgan fingerprint density at radius 2 is 1.86 bits per heavy atom. The molecule has 0 aromatic heterocycles. The molecule has 6 heteroatoms. The van der Waals surface area contributed by atoms with Crippen LogP contribution in [-0.4, -0.2) is 55.1 Å². The fraction of sp³-hybridized carbons (Fsp3) is 0.625. The fourth-order valence-corrected chi connectivity index (χ4v) is 3.73. The van der Waals surface area contributed by atoms with Crippen LogP contribution in [0.1, 0.15) is 24.9 Å². The van der Waals surface area contributed by atoms with Gasteiger partial charge in [-0.2, -0.15) is 0 Å². The van der Waals surface area contributed by atoms with Crippen LogP contribution in [-0.2, 0) is 0 Å². The lowest BCUT2D eigenvalue weighted by Crippen LogP contribution is -2.51. The second-order valence-corrected chi connectivity index (χ2v) is 6.88. The molecule has 22 heavy (non-hydrogen) atoms. The maximum absolute atomic E-state index is 6.14. The molecule has 2 aliphatic heterocycles. The molecule has 1 N–H and O–H groups in total. The standard InChI is InChI=1S/C16H23Cl2N3.ClH/c1-12(13-2-3-15(17)16(18)10-13)20-6-8-21(9-7-20)14-4-5-19-11-14;/h2-3,10,12,14,19H,4-9,11H2,1H3;1H. The van der Waals surface area contributed by atoms with Crippen molar-refractivity contribution in [3.8, 4) is 0 Å². The third-order valence-electron chi connectivity index (χ3n) is 4.87. The van der Waals surface area contributed by atoms with Gasteiger partial charge in [-0.15, -0.1) is 12.4 Å². The Kier molecular flexibility index (Phi) is 6.81. The molecule has 0 aliphatic carbocycles. The summed E-state index contributed by atoms with van der Waals surface area (Å²) >= 11 is 12.1. The molecule has 1 aromatic rings. The van der Waals surface area contributed by atoms with Crippen molar-refractivity contribution < 1.29 is 0 Å². The van der Waals surface area contributed by atoms with E-state index in [1.165, 1.54) is 18.5 Å². The summed E-state index contributed by atoms with van der Waals surface area (Å²) in [5, 5.41) is 4.74. The number of hydrogen-bond donors (Lipinski definition) is 1. The molecule has 3 nitrogen and oxygen atoms in total. The van der Waals surface area contributed by atoms with Gasteiger partial charge in [0.25, 0.3) is 0 Å². The first kappa shape index (κ1) is 18.3. The SMILES string of the molecule is CC(c1ccc(Cl)c(Cl)c1)N1CCN(C2CCNC2)CC1.Cl. The van der Waals surface area contributed by atoms with E-state index in [9.17, 15) is 0 Å². The summed E-state index contributed by atoms with van der Waals surface area (Å²) in [4.78, 5) is 5.18. The summed E-state index contributed by atoms with van der Waals surface area (Å²) in [6.45, 7) is 9.16. The Bertz CT molecular complexity index is 484. The van der Waals surface area contributed by atoms with Crippen molar-refractivity contribution >= 4 is 35.6 Å². The zero-order valence-corrected chi connectivity index (χ0v) is 15.2. The van der Waals surface area contributed by atoms with E-state index < -0.39 is 0 Å². The van der Waals surface area contributed by atoms with Crippen LogP contribution < -0.4 is 5.32 Å². The van der Waals surface area contributed by atoms with Gasteiger partial charge in [0.15, 0.2) is 0 Å². The first-order valence-electron chi connectivity index (χ1n) is 7.79. The van der Waals surface area contributed by atoms with Crippen molar-refractivity contribution in [3.05, 3.63) is 33.8 Å². The second-order valence-electron chi connectivity index (χ2n) is 6.07. The lowest BCUT2D eigenvalue weighted by Gasteiger charge is -2.40. The molecule has 2 aliphatic rings. The molecule has 0 radical (unpaired) electrons. The van der Waals surface area contributed by atoms with Gasteiger partial charge >= 0.3 is 0 Å². The highest BCUT2D eigenvalue weighted by Crippen LogP contribution is 2.29. The number of rotatable bonds is 3. The first-order valence-corrected chi connectivity index (χ1v) is 8.54. The molecule has 3 rings (SSSR count). The van der Waals surface area contributed by atoms with Crippen molar-refractivity contribution in [2.24, 2.45) is 0 Å². The van der Waals surface area contributed by atoms with Crippen molar-refractivity contribution in [1.29, 1.82) is 0 Å². The zero-order valence-electron chi connectivity index (χ0n) is 12.9. The van der Waals surface area contributed by atoms with Crippen LogP contribution >= 0.6 is 35.6 Å². The van der Waals surface area contributed by atoms with Crippen LogP contribution in [0, 0.1) is 0 Å². The van der Waals surface area contributed by atoms with Crippen LogP contribution in [0.2, 0.25) is 10.0 Å². The van der Waals surface area contributed by atoms with Crippen LogP contribution in [0.25, 0.3) is 0 Å². The molecule has 124 valence electrons. The predicted molar refractivity (Wildman–Crippen MR) is 96.5 cm³/mol. The van der Waals surface area contributed by atoms with Crippen molar-refractivity contribution in [2.75, 3.05) is 39.3 Å². The Labute approximate surface area is 149 Å². The average molecular weight is 365 g/mol. The summed E-state index contributed by atoms with van der Waals surface area (Å²) in [7, 11) is 0. The minimum atomic E-state index is 0. The van der Waals surface area contributed by atoms with Gasteiger partial charge < -0.3 is 5.32 Å². The molecule has 2 unspecified atom stereocenters. The highest BCUT2D eigenvalue weighted by molar-refractivity contribution is 6.42. The number of benzene rings is 1. The van der Waals surface area contributed by atoms with E-state index in [2.05, 4.69) is 28.1 Å². The largest absolute Gasteiger partial charge is 0.315 e. The van der Waals surface area contributed by atoms with Crippen LogP contribution in [0.5, 0.6) is 0 Å². The normalized spacial score (nSPS) is 25.0. The molecule has 2 heterocycles. The number of nitrogens with one attached hydrogen (secondary N) is 1. The van der Waals surface area contributed by atoms with E-state index >= 15 is 0 Å². The molecule has 1 aromatic carbocycles. The van der Waals surface area contributed by atoms with Gasteiger partial charge in [0.05, 0.1) is 10.0 Å². The highest BCUT2D eigenvalue weighted by atomic mass is 35.5. The number of halogens is 3. The first-order chi connectivity index (χ1) is 10.1. The van der Waals surface area contributed by atoms with E-state index in [-0.39, 0.29) is 12.4 Å². The molecule has 0 saturated carbocycles. The van der Waals surface area contributed by atoms with Crippen molar-refractivity contribution in [2.45, 2.75) is 25.4 Å². The third kappa shape index (κ3) is 4.08. The summed E-state index contributed by atoms with van der Waals surface area (Å²) in [5.74, 6) is 0. The molecule has 2 fully saturated rings. The van der Waals surface area contributed by atoms with Gasteiger partial charge in [-0.25, -0.2) is 0 Å². The maximum Gasteiger partial charge on any atom is 0.0595 e. The summed E-state index contributed by atoms with van der Waals surface area (Å²) < 4.78 is 0. The van der Waals surface area contributed by atoms with Crippen molar-refractivity contribution in [1.82, 2.24) is 15.1 Å². The smallest absolute Gasteiger partial charge is 0.0595 e. The van der Waals surface area contributed by atoms with Crippen LogP contribution in [0.4, 0.5) is 0 Å². The van der Waals surface area contributed by atoms with Gasteiger partial charge in [-0.1, -0.05) is 29.3 Å². The molecular formula is C16H24Cl3N3. The second kappa shape index (κ2) is 8.18. The highest BCUT2D eigenvalue weighted by Gasteiger charge is 2.28. The lowest BCUT2D eigenvalue weighted by atomic mass is 10.1. The van der Waals surface area contributed by atoms with E-state index in [0.717, 1.165) is 38.8 Å². The van der Waals surface area contributed by atoms with E-state index in [0.29, 0.717) is 16.1 Å². The minimum Gasteiger partial charge on any atom is -0.315 e. The molecule has 0 amide bonds. The summed E-state index contributed by atoms with van der Waals surface area (Å²) in [5.41, 5.74) is 1.25. The topological polar surface area (TPSA) is 18.5 Å². The minimum absolute atomic E-state index is 0. The summed E-state index contributed by atoms with van der Waals surface area (Å²) in [6, 6.07) is 7.13. The molecule has 2 saturated heterocycles. The summed E-state index contributed by atoms with van der Waals surface area (Å²) in [6.07, 6.45) is 1.29. The van der Waals surface area contributed by atoms with Gasteiger partial charge in [-0.05, 0) is 37.6 Å². The molecule has 2 atom stereocenters. The Morgan fingerprint density at radius 1 is 1.14 bits per heavy atom. The number of piperazine rings is 1.